The number of rotatable bonds is 6. The van der Waals surface area contributed by atoms with Gasteiger partial charge < -0.3 is 15.1 Å². The first-order valence-corrected chi connectivity index (χ1v) is 8.40. The molecule has 0 aliphatic carbocycles. The van der Waals surface area contributed by atoms with Crippen molar-refractivity contribution in [1.82, 2.24) is 20.6 Å². The number of amides is 4. The summed E-state index contributed by atoms with van der Waals surface area (Å²) in [6, 6.07) is 4.93. The third-order valence-corrected chi connectivity index (χ3v) is 4.34. The van der Waals surface area contributed by atoms with E-state index >= 15 is 0 Å². The normalized spacial score (nSPS) is 16.3. The number of carbonyl (C=O) groups is 3. The summed E-state index contributed by atoms with van der Waals surface area (Å²) in [6.07, 6.45) is 1.57. The van der Waals surface area contributed by atoms with Gasteiger partial charge in [0.2, 0.25) is 5.91 Å². The van der Waals surface area contributed by atoms with Crippen LogP contribution in [0.15, 0.2) is 24.3 Å². The molecule has 1 atom stereocenters. The number of nitrogens with zero attached hydrogens (tertiary/aromatic N) is 2. The summed E-state index contributed by atoms with van der Waals surface area (Å²) in [5, 5.41) is 11.3. The first-order valence-electron chi connectivity index (χ1n) is 8.40. The molecule has 26 heavy (non-hydrogen) atoms. The Balaban J connectivity index is 2.11. The largest absolute Gasteiger partial charge is 0.357 e. The third kappa shape index (κ3) is 4.92. The fraction of sp³-hybridized carbons (Fsp3) is 0.471. The topological polar surface area (TPSA) is 102 Å². The lowest BCUT2D eigenvalue weighted by Gasteiger charge is -2.30. The van der Waals surface area contributed by atoms with Crippen LogP contribution in [0.2, 0.25) is 0 Å². The van der Waals surface area contributed by atoms with Crippen LogP contribution in [0.3, 0.4) is 0 Å². The van der Waals surface area contributed by atoms with Gasteiger partial charge in [-0.15, -0.1) is 0 Å². The van der Waals surface area contributed by atoms with Gasteiger partial charge >= 0.3 is 6.03 Å². The van der Waals surface area contributed by atoms with E-state index in [-0.39, 0.29) is 24.8 Å². The minimum absolute atomic E-state index is 0.146. The molecule has 0 spiro atoms. The van der Waals surface area contributed by atoms with E-state index in [1.807, 2.05) is 0 Å². The van der Waals surface area contributed by atoms with Crippen molar-refractivity contribution in [3.05, 3.63) is 35.6 Å². The molecule has 1 heterocycles. The minimum Gasteiger partial charge on any atom is -0.357 e. The molecule has 0 unspecified atom stereocenters. The number of carbonyl (C=O) groups excluding carboxylic acids is 3. The van der Waals surface area contributed by atoms with Crippen molar-refractivity contribution >= 4 is 17.8 Å². The first-order chi connectivity index (χ1) is 12.5. The molecule has 9 heteroatoms. The first kappa shape index (κ1) is 19.6. The zero-order chi connectivity index (χ0) is 19.1. The lowest BCUT2D eigenvalue weighted by Crippen LogP contribution is -2.52. The standard InChI is InChI=1S/C17H23FN4O4/c1-19-16(24)14-6-3-8-22(14)17(25)21(11-15(23)20-26)9-7-12-4-2-5-13(18)10-12/h2,4-5,10,14,26H,3,6-9,11H2,1H3,(H,19,24)(H,20,23)/t14-/m0/s1. The molecular weight excluding hydrogens is 343 g/mol. The number of nitrogens with one attached hydrogen (secondary N) is 2. The lowest BCUT2D eigenvalue weighted by atomic mass is 10.1. The number of hydrogen-bond acceptors (Lipinski definition) is 4. The van der Waals surface area contributed by atoms with E-state index in [0.29, 0.717) is 31.4 Å². The van der Waals surface area contributed by atoms with Gasteiger partial charge in [0.05, 0.1) is 0 Å². The smallest absolute Gasteiger partial charge is 0.321 e. The van der Waals surface area contributed by atoms with Crippen molar-refractivity contribution in [2.24, 2.45) is 0 Å². The zero-order valence-corrected chi connectivity index (χ0v) is 14.6. The molecule has 0 aromatic heterocycles. The Morgan fingerprint density at radius 2 is 2.15 bits per heavy atom. The highest BCUT2D eigenvalue weighted by molar-refractivity contribution is 5.89. The van der Waals surface area contributed by atoms with Gasteiger partial charge in [0.25, 0.3) is 5.91 Å². The van der Waals surface area contributed by atoms with E-state index in [2.05, 4.69) is 5.32 Å². The molecule has 142 valence electrons. The third-order valence-electron chi connectivity index (χ3n) is 4.34. The molecule has 0 radical (unpaired) electrons. The summed E-state index contributed by atoms with van der Waals surface area (Å²) in [4.78, 5) is 39.1. The predicted octanol–water partition coefficient (Wildman–Crippen LogP) is 0.506. The molecule has 1 aromatic carbocycles. The monoisotopic (exact) mass is 366 g/mol. The van der Waals surface area contributed by atoms with Gasteiger partial charge in [-0.2, -0.15) is 0 Å². The lowest BCUT2D eigenvalue weighted by molar-refractivity contribution is -0.129. The molecule has 0 saturated carbocycles. The fourth-order valence-corrected chi connectivity index (χ4v) is 3.02. The number of likely N-dealkylation sites (tertiary alicyclic amines) is 1. The van der Waals surface area contributed by atoms with Gasteiger partial charge in [0.15, 0.2) is 0 Å². The molecule has 1 aliphatic heterocycles. The summed E-state index contributed by atoms with van der Waals surface area (Å²) >= 11 is 0. The average Bonchev–Trinajstić information content (AvgIpc) is 3.13. The Bertz CT molecular complexity index is 670. The van der Waals surface area contributed by atoms with Crippen LogP contribution in [0.4, 0.5) is 9.18 Å². The highest BCUT2D eigenvalue weighted by atomic mass is 19.1. The summed E-state index contributed by atoms with van der Waals surface area (Å²) in [5.74, 6) is -1.38. The number of benzene rings is 1. The van der Waals surface area contributed by atoms with Crippen LogP contribution in [-0.4, -0.2) is 65.6 Å². The van der Waals surface area contributed by atoms with Crippen molar-refractivity contribution < 1.29 is 24.0 Å². The molecule has 1 fully saturated rings. The number of likely N-dealkylation sites (N-methyl/N-ethyl adjacent to an activating group) is 1. The van der Waals surface area contributed by atoms with Gasteiger partial charge in [0, 0.05) is 20.1 Å². The average molecular weight is 366 g/mol. The molecule has 4 amide bonds. The van der Waals surface area contributed by atoms with Crippen molar-refractivity contribution in [3.63, 3.8) is 0 Å². The Morgan fingerprint density at radius 1 is 1.38 bits per heavy atom. The molecule has 1 saturated heterocycles. The van der Waals surface area contributed by atoms with Crippen molar-refractivity contribution in [1.29, 1.82) is 0 Å². The van der Waals surface area contributed by atoms with E-state index in [4.69, 9.17) is 5.21 Å². The molecular formula is C17H23FN4O4. The van der Waals surface area contributed by atoms with Crippen molar-refractivity contribution in [3.8, 4) is 0 Å². The fourth-order valence-electron chi connectivity index (χ4n) is 3.02. The molecule has 2 rings (SSSR count). The van der Waals surface area contributed by atoms with Crippen LogP contribution >= 0.6 is 0 Å². The maximum atomic E-state index is 13.3. The second-order valence-corrected chi connectivity index (χ2v) is 6.08. The van der Waals surface area contributed by atoms with E-state index in [9.17, 15) is 18.8 Å². The maximum absolute atomic E-state index is 13.3. The Morgan fingerprint density at radius 3 is 2.81 bits per heavy atom. The van der Waals surface area contributed by atoms with Crippen LogP contribution in [0, 0.1) is 5.82 Å². The number of halogens is 1. The van der Waals surface area contributed by atoms with Gasteiger partial charge in [-0.25, -0.2) is 14.7 Å². The van der Waals surface area contributed by atoms with Crippen LogP contribution in [0.5, 0.6) is 0 Å². The number of hydroxylamine groups is 1. The molecule has 0 bridgehead atoms. The van der Waals surface area contributed by atoms with E-state index in [1.54, 1.807) is 12.1 Å². The number of urea groups is 1. The van der Waals surface area contributed by atoms with Gasteiger partial charge in [-0.3, -0.25) is 14.8 Å². The highest BCUT2D eigenvalue weighted by Gasteiger charge is 2.36. The summed E-state index contributed by atoms with van der Waals surface area (Å²) in [6.45, 7) is 0.197. The van der Waals surface area contributed by atoms with Crippen molar-refractivity contribution in [2.45, 2.75) is 25.3 Å². The maximum Gasteiger partial charge on any atom is 0.321 e. The van der Waals surface area contributed by atoms with Crippen LogP contribution in [0.25, 0.3) is 0 Å². The van der Waals surface area contributed by atoms with Crippen LogP contribution < -0.4 is 10.8 Å². The van der Waals surface area contributed by atoms with E-state index in [1.165, 1.54) is 34.5 Å². The van der Waals surface area contributed by atoms with Crippen LogP contribution in [-0.2, 0) is 16.0 Å². The Kier molecular flexibility index (Phi) is 6.90. The van der Waals surface area contributed by atoms with Gasteiger partial charge in [-0.05, 0) is 37.0 Å². The molecule has 1 aliphatic rings. The van der Waals surface area contributed by atoms with E-state index in [0.717, 1.165) is 0 Å². The van der Waals surface area contributed by atoms with Gasteiger partial charge in [-0.1, -0.05) is 12.1 Å². The highest BCUT2D eigenvalue weighted by Crippen LogP contribution is 2.19. The van der Waals surface area contributed by atoms with Crippen LogP contribution in [0.1, 0.15) is 18.4 Å². The second kappa shape index (κ2) is 9.14. The molecule has 1 aromatic rings. The van der Waals surface area contributed by atoms with Gasteiger partial charge in [0.1, 0.15) is 18.4 Å². The quantitative estimate of drug-likeness (QED) is 0.504. The molecule has 3 N–H and O–H groups in total. The number of hydrogen-bond donors (Lipinski definition) is 3. The summed E-state index contributed by atoms with van der Waals surface area (Å²) in [5.41, 5.74) is 2.18. The second-order valence-electron chi connectivity index (χ2n) is 6.08. The SMILES string of the molecule is CNC(=O)[C@@H]1CCCN1C(=O)N(CCc1cccc(F)c1)CC(=O)NO. The minimum atomic E-state index is -0.742. The summed E-state index contributed by atoms with van der Waals surface area (Å²) in [7, 11) is 1.50. The Labute approximate surface area is 150 Å². The predicted molar refractivity (Wildman–Crippen MR) is 90.8 cm³/mol. The zero-order valence-electron chi connectivity index (χ0n) is 14.6. The van der Waals surface area contributed by atoms with Crippen molar-refractivity contribution in [2.75, 3.05) is 26.7 Å². The molecule has 8 nitrogen and oxygen atoms in total. The Hall–Kier alpha value is -2.68. The van der Waals surface area contributed by atoms with E-state index < -0.39 is 18.0 Å². The summed E-state index contributed by atoms with van der Waals surface area (Å²) < 4.78 is 13.3.